The van der Waals surface area contributed by atoms with Gasteiger partial charge >= 0.3 is 12.0 Å². The molecule has 1 rings (SSSR count). The Hall–Kier alpha value is -2.15. The Bertz CT molecular complexity index is 479. The van der Waals surface area contributed by atoms with E-state index in [1.165, 1.54) is 12.1 Å². The summed E-state index contributed by atoms with van der Waals surface area (Å²) in [7, 11) is 0. The number of halogens is 1. The van der Waals surface area contributed by atoms with Crippen LogP contribution < -0.4 is 10.6 Å². The number of aliphatic hydroxyl groups is 1. The largest absolute Gasteiger partial charge is 0.479 e. The van der Waals surface area contributed by atoms with Gasteiger partial charge in [-0.05, 0) is 24.6 Å². The maximum Gasteiger partial charge on any atom is 0.332 e. The molecule has 0 saturated carbocycles. The number of anilines is 1. The highest BCUT2D eigenvalue weighted by atomic mass is 19.1. The minimum absolute atomic E-state index is 0.00631. The van der Waals surface area contributed by atoms with E-state index in [2.05, 4.69) is 10.6 Å². The van der Waals surface area contributed by atoms with Gasteiger partial charge in [0.05, 0.1) is 0 Å². The lowest BCUT2D eigenvalue weighted by molar-refractivity contribution is -0.146. The van der Waals surface area contributed by atoms with E-state index >= 15 is 0 Å². The van der Waals surface area contributed by atoms with Gasteiger partial charge in [-0.2, -0.15) is 0 Å². The molecule has 2 amide bonds. The molecule has 0 spiro atoms. The second-order valence-electron chi connectivity index (χ2n) is 3.99. The third kappa shape index (κ3) is 4.92. The van der Waals surface area contributed by atoms with Crippen molar-refractivity contribution in [1.82, 2.24) is 5.32 Å². The van der Waals surface area contributed by atoms with E-state index in [9.17, 15) is 14.0 Å². The zero-order valence-electron chi connectivity index (χ0n) is 10.3. The number of aliphatic hydroxyl groups excluding tert-OH is 1. The third-order valence-corrected chi connectivity index (χ3v) is 2.42. The number of rotatable bonds is 5. The molecule has 0 radical (unpaired) electrons. The maximum atomic E-state index is 13.2. The second-order valence-corrected chi connectivity index (χ2v) is 3.99. The van der Waals surface area contributed by atoms with Crippen LogP contribution in [0.2, 0.25) is 0 Å². The molecule has 0 aliphatic heterocycles. The topological polar surface area (TPSA) is 98.7 Å². The lowest BCUT2D eigenvalue weighted by Crippen LogP contribution is -2.33. The van der Waals surface area contributed by atoms with Gasteiger partial charge in [0, 0.05) is 18.7 Å². The van der Waals surface area contributed by atoms with Crippen molar-refractivity contribution in [3.05, 3.63) is 29.6 Å². The summed E-state index contributed by atoms with van der Waals surface area (Å²) in [6.45, 7) is 1.60. The van der Waals surface area contributed by atoms with E-state index in [4.69, 9.17) is 10.2 Å². The highest BCUT2D eigenvalue weighted by molar-refractivity contribution is 5.89. The third-order valence-electron chi connectivity index (χ3n) is 2.42. The minimum Gasteiger partial charge on any atom is -0.479 e. The summed E-state index contributed by atoms with van der Waals surface area (Å²) in [6, 6.07) is 3.66. The molecule has 1 unspecified atom stereocenters. The number of carbonyl (C=O) groups excluding carboxylic acids is 1. The number of carboxylic acid groups (broad SMARTS) is 1. The Morgan fingerprint density at radius 1 is 1.42 bits per heavy atom. The summed E-state index contributed by atoms with van der Waals surface area (Å²) in [6.07, 6.45) is -1.62. The van der Waals surface area contributed by atoms with Crippen LogP contribution in [0.4, 0.5) is 14.9 Å². The molecule has 0 bridgehead atoms. The molecule has 1 aromatic carbocycles. The van der Waals surface area contributed by atoms with Crippen molar-refractivity contribution in [2.45, 2.75) is 19.4 Å². The normalized spacial score (nSPS) is 11.7. The van der Waals surface area contributed by atoms with Gasteiger partial charge in [0.25, 0.3) is 0 Å². The molecule has 0 aliphatic carbocycles. The van der Waals surface area contributed by atoms with Gasteiger partial charge in [0.1, 0.15) is 5.82 Å². The maximum absolute atomic E-state index is 13.2. The van der Waals surface area contributed by atoms with E-state index < -0.39 is 23.9 Å². The van der Waals surface area contributed by atoms with Gasteiger partial charge in [-0.1, -0.05) is 6.07 Å². The number of carbonyl (C=O) groups is 2. The average Bonchev–Trinajstić information content (AvgIpc) is 2.33. The molecule has 1 aromatic rings. The summed E-state index contributed by atoms with van der Waals surface area (Å²) in [5.74, 6) is -1.78. The Labute approximate surface area is 109 Å². The van der Waals surface area contributed by atoms with Gasteiger partial charge in [-0.3, -0.25) is 0 Å². The molecule has 7 heteroatoms. The minimum atomic E-state index is -1.52. The van der Waals surface area contributed by atoms with Crippen molar-refractivity contribution in [1.29, 1.82) is 0 Å². The van der Waals surface area contributed by atoms with Crippen LogP contribution in [0.3, 0.4) is 0 Å². The van der Waals surface area contributed by atoms with Crippen molar-refractivity contribution in [2.24, 2.45) is 0 Å². The number of benzene rings is 1. The predicted octanol–water partition coefficient (Wildman–Crippen LogP) is 1.09. The van der Waals surface area contributed by atoms with Crippen LogP contribution >= 0.6 is 0 Å². The first-order chi connectivity index (χ1) is 8.90. The lowest BCUT2D eigenvalue weighted by Gasteiger charge is -2.09. The standard InChI is InChI=1S/C12H15FN2O4/c1-7-2-3-8(6-9(7)13)15-12(19)14-5-4-10(16)11(17)18/h2-3,6,10,16H,4-5H2,1H3,(H,17,18)(H2,14,15,19). The summed E-state index contributed by atoms with van der Waals surface area (Å²) < 4.78 is 13.2. The molecule has 104 valence electrons. The summed E-state index contributed by atoms with van der Waals surface area (Å²) >= 11 is 0. The zero-order valence-corrected chi connectivity index (χ0v) is 10.3. The highest BCUT2D eigenvalue weighted by Crippen LogP contribution is 2.13. The number of amides is 2. The van der Waals surface area contributed by atoms with E-state index in [1.54, 1.807) is 13.0 Å². The summed E-state index contributed by atoms with van der Waals surface area (Å²) in [5.41, 5.74) is 0.759. The number of hydrogen-bond donors (Lipinski definition) is 4. The fraction of sp³-hybridized carbons (Fsp3) is 0.333. The molecular weight excluding hydrogens is 255 g/mol. The molecule has 0 saturated heterocycles. The molecule has 4 N–H and O–H groups in total. The fourth-order valence-corrected chi connectivity index (χ4v) is 1.29. The van der Waals surface area contributed by atoms with Crippen molar-refractivity contribution >= 4 is 17.7 Å². The van der Waals surface area contributed by atoms with Gasteiger partial charge in [-0.15, -0.1) is 0 Å². The number of hydrogen-bond acceptors (Lipinski definition) is 3. The van der Waals surface area contributed by atoms with Crippen LogP contribution in [0.5, 0.6) is 0 Å². The number of urea groups is 1. The van der Waals surface area contributed by atoms with Gasteiger partial charge < -0.3 is 20.8 Å². The fourth-order valence-electron chi connectivity index (χ4n) is 1.29. The lowest BCUT2D eigenvalue weighted by atomic mass is 10.2. The van der Waals surface area contributed by atoms with Crippen LogP contribution in [-0.4, -0.2) is 34.9 Å². The van der Waals surface area contributed by atoms with Crippen molar-refractivity contribution in [2.75, 3.05) is 11.9 Å². The molecule has 0 aliphatic rings. The van der Waals surface area contributed by atoms with Crippen molar-refractivity contribution in [3.8, 4) is 0 Å². The molecule has 19 heavy (non-hydrogen) atoms. The van der Waals surface area contributed by atoms with Crippen LogP contribution in [0.25, 0.3) is 0 Å². The quantitative estimate of drug-likeness (QED) is 0.643. The Morgan fingerprint density at radius 2 is 2.11 bits per heavy atom. The molecular formula is C12H15FN2O4. The predicted molar refractivity (Wildman–Crippen MR) is 66.4 cm³/mol. The van der Waals surface area contributed by atoms with E-state index in [1.807, 2.05) is 0 Å². The van der Waals surface area contributed by atoms with E-state index in [0.717, 1.165) is 0 Å². The molecule has 0 aromatic heterocycles. The first-order valence-electron chi connectivity index (χ1n) is 5.62. The van der Waals surface area contributed by atoms with Crippen LogP contribution in [0.1, 0.15) is 12.0 Å². The second kappa shape index (κ2) is 6.69. The van der Waals surface area contributed by atoms with Gasteiger partial charge in [0.15, 0.2) is 6.10 Å². The summed E-state index contributed by atoms with van der Waals surface area (Å²) in [5, 5.41) is 22.1. The molecule has 1 atom stereocenters. The highest BCUT2D eigenvalue weighted by Gasteiger charge is 2.12. The first-order valence-corrected chi connectivity index (χ1v) is 5.62. The Balaban J connectivity index is 2.39. The summed E-state index contributed by atoms with van der Waals surface area (Å²) in [4.78, 5) is 21.7. The first kappa shape index (κ1) is 14.9. The van der Waals surface area contributed by atoms with Crippen molar-refractivity contribution in [3.63, 3.8) is 0 Å². The number of nitrogens with one attached hydrogen (secondary N) is 2. The molecule has 6 nitrogen and oxygen atoms in total. The zero-order chi connectivity index (χ0) is 14.4. The van der Waals surface area contributed by atoms with E-state index in [-0.39, 0.29) is 13.0 Å². The monoisotopic (exact) mass is 270 g/mol. The Kier molecular flexibility index (Phi) is 5.25. The molecule has 0 heterocycles. The van der Waals surface area contributed by atoms with Crippen LogP contribution in [-0.2, 0) is 4.79 Å². The van der Waals surface area contributed by atoms with E-state index in [0.29, 0.717) is 11.3 Å². The van der Waals surface area contributed by atoms with Gasteiger partial charge in [-0.25, -0.2) is 14.0 Å². The number of aryl methyl sites for hydroxylation is 1. The SMILES string of the molecule is Cc1ccc(NC(=O)NCCC(O)C(=O)O)cc1F. The van der Waals surface area contributed by atoms with Crippen LogP contribution in [0, 0.1) is 12.7 Å². The van der Waals surface area contributed by atoms with Crippen molar-refractivity contribution < 1.29 is 24.2 Å². The molecule has 0 fully saturated rings. The average molecular weight is 270 g/mol. The van der Waals surface area contributed by atoms with Crippen LogP contribution in [0.15, 0.2) is 18.2 Å². The number of carboxylic acids is 1. The van der Waals surface area contributed by atoms with Gasteiger partial charge in [0.2, 0.25) is 0 Å². The smallest absolute Gasteiger partial charge is 0.332 e. The Morgan fingerprint density at radius 3 is 2.68 bits per heavy atom. The number of aliphatic carboxylic acids is 1.